The third-order valence-electron chi connectivity index (χ3n) is 4.96. The number of carbonyl (C=O) groups is 1. The van der Waals surface area contributed by atoms with E-state index in [9.17, 15) is 9.18 Å². The Morgan fingerprint density at radius 2 is 2.10 bits per heavy atom. The second-order valence-corrected chi connectivity index (χ2v) is 7.94. The Labute approximate surface area is 184 Å². The van der Waals surface area contributed by atoms with Gasteiger partial charge in [-0.1, -0.05) is 11.3 Å². The number of hydrogen-bond acceptors (Lipinski definition) is 6. The highest BCUT2D eigenvalue weighted by Gasteiger charge is 2.23. The van der Waals surface area contributed by atoms with Crippen LogP contribution in [0.3, 0.4) is 0 Å². The molecule has 1 amide bonds. The zero-order valence-corrected chi connectivity index (χ0v) is 18.4. The monoisotopic (exact) mass is 453 g/mol. The number of carbonyl (C=O) groups excluding carboxylic acids is 1. The average molecular weight is 454 g/mol. The molecule has 7 nitrogen and oxygen atoms in total. The molecule has 3 aromatic rings. The number of ether oxygens (including phenoxy) is 1. The van der Waals surface area contributed by atoms with E-state index in [0.29, 0.717) is 29.4 Å². The second kappa shape index (κ2) is 10.3. The number of rotatable bonds is 7. The molecular formula is C20H25ClFN5O2S. The van der Waals surface area contributed by atoms with Gasteiger partial charge in [-0.15, -0.1) is 12.4 Å². The molecule has 1 aliphatic heterocycles. The van der Waals surface area contributed by atoms with Crippen LogP contribution in [0.2, 0.25) is 0 Å². The van der Waals surface area contributed by atoms with Gasteiger partial charge in [0.05, 0.1) is 23.4 Å². The van der Waals surface area contributed by atoms with E-state index in [1.807, 2.05) is 6.92 Å². The largest absolute Gasteiger partial charge is 0.379 e. The van der Waals surface area contributed by atoms with Crippen LogP contribution in [-0.4, -0.2) is 65.0 Å². The normalized spacial score (nSPS) is 14.6. The van der Waals surface area contributed by atoms with Crippen molar-refractivity contribution in [3.8, 4) is 0 Å². The van der Waals surface area contributed by atoms with Crippen molar-refractivity contribution in [2.24, 2.45) is 0 Å². The minimum atomic E-state index is -0.306. The van der Waals surface area contributed by atoms with Gasteiger partial charge in [-0.3, -0.25) is 19.3 Å². The summed E-state index contributed by atoms with van der Waals surface area (Å²) in [5.74, 6) is -0.488. The van der Waals surface area contributed by atoms with Crippen LogP contribution in [0.5, 0.6) is 0 Å². The van der Waals surface area contributed by atoms with Crippen LogP contribution in [-0.2, 0) is 11.3 Å². The van der Waals surface area contributed by atoms with Crippen molar-refractivity contribution in [3.05, 3.63) is 42.0 Å². The summed E-state index contributed by atoms with van der Waals surface area (Å²) in [6.07, 6.45) is 2.61. The summed E-state index contributed by atoms with van der Waals surface area (Å²) < 4.78 is 21.4. The van der Waals surface area contributed by atoms with E-state index >= 15 is 0 Å². The van der Waals surface area contributed by atoms with Gasteiger partial charge in [0.15, 0.2) is 10.8 Å². The summed E-state index contributed by atoms with van der Waals surface area (Å²) in [4.78, 5) is 21.8. The first kappa shape index (κ1) is 22.6. The van der Waals surface area contributed by atoms with E-state index < -0.39 is 0 Å². The molecule has 0 radical (unpaired) electrons. The number of aryl methyl sites for hydroxylation is 1. The van der Waals surface area contributed by atoms with Crippen LogP contribution in [0, 0.1) is 5.82 Å². The van der Waals surface area contributed by atoms with Crippen molar-refractivity contribution >= 4 is 45.0 Å². The molecule has 2 aromatic heterocycles. The summed E-state index contributed by atoms with van der Waals surface area (Å²) in [5.41, 5.74) is 1.08. The predicted molar refractivity (Wildman–Crippen MR) is 118 cm³/mol. The van der Waals surface area contributed by atoms with Gasteiger partial charge in [0, 0.05) is 38.9 Å². The van der Waals surface area contributed by atoms with Gasteiger partial charge in [0.1, 0.15) is 5.82 Å². The number of morpholine rings is 1. The molecule has 1 saturated heterocycles. The number of aromatic nitrogens is 3. The molecule has 1 fully saturated rings. The van der Waals surface area contributed by atoms with Crippen molar-refractivity contribution in [3.63, 3.8) is 0 Å². The molecular weight excluding hydrogens is 429 g/mol. The van der Waals surface area contributed by atoms with E-state index in [0.717, 1.165) is 44.0 Å². The number of halogens is 2. The molecule has 0 spiro atoms. The molecule has 3 heterocycles. The third-order valence-corrected chi connectivity index (χ3v) is 6.00. The van der Waals surface area contributed by atoms with Crippen molar-refractivity contribution in [2.75, 3.05) is 44.3 Å². The van der Waals surface area contributed by atoms with E-state index in [1.54, 1.807) is 27.9 Å². The lowest BCUT2D eigenvalue weighted by molar-refractivity contribution is 0.0376. The number of amides is 1. The smallest absolute Gasteiger partial charge is 0.280 e. The molecule has 0 bridgehead atoms. The number of nitrogens with zero attached hydrogens (tertiary/aromatic N) is 5. The van der Waals surface area contributed by atoms with E-state index in [-0.39, 0.29) is 24.1 Å². The maximum atomic E-state index is 13.6. The molecule has 0 aliphatic carbocycles. The van der Waals surface area contributed by atoms with Crippen molar-refractivity contribution < 1.29 is 13.9 Å². The zero-order valence-electron chi connectivity index (χ0n) is 16.8. The zero-order chi connectivity index (χ0) is 20.2. The first-order chi connectivity index (χ1) is 14.1. The molecule has 1 aliphatic rings. The maximum absolute atomic E-state index is 13.6. The van der Waals surface area contributed by atoms with Crippen molar-refractivity contribution in [2.45, 2.75) is 19.9 Å². The summed E-state index contributed by atoms with van der Waals surface area (Å²) in [5, 5.41) is 4.93. The van der Waals surface area contributed by atoms with Crippen molar-refractivity contribution in [1.29, 1.82) is 0 Å². The van der Waals surface area contributed by atoms with Crippen LogP contribution in [0.25, 0.3) is 10.2 Å². The fourth-order valence-corrected chi connectivity index (χ4v) is 4.37. The van der Waals surface area contributed by atoms with Crippen molar-refractivity contribution in [1.82, 2.24) is 19.7 Å². The van der Waals surface area contributed by atoms with Crippen LogP contribution in [0.15, 0.2) is 30.5 Å². The third kappa shape index (κ3) is 5.15. The van der Waals surface area contributed by atoms with Gasteiger partial charge in [-0.2, -0.15) is 5.10 Å². The molecule has 0 unspecified atom stereocenters. The molecule has 0 atom stereocenters. The minimum Gasteiger partial charge on any atom is -0.379 e. The number of hydrogen-bond donors (Lipinski definition) is 0. The first-order valence-electron chi connectivity index (χ1n) is 9.85. The number of thiazole rings is 1. The highest BCUT2D eigenvalue weighted by atomic mass is 35.5. The Balaban J connectivity index is 0.00000256. The first-order valence-corrected chi connectivity index (χ1v) is 10.7. The van der Waals surface area contributed by atoms with Gasteiger partial charge < -0.3 is 4.74 Å². The molecule has 162 valence electrons. The maximum Gasteiger partial charge on any atom is 0.280 e. The summed E-state index contributed by atoms with van der Waals surface area (Å²) >= 11 is 1.33. The van der Waals surface area contributed by atoms with Crippen LogP contribution < -0.4 is 4.90 Å². The summed E-state index contributed by atoms with van der Waals surface area (Å²) in [7, 11) is 0. The lowest BCUT2D eigenvalue weighted by atomic mass is 10.3. The molecule has 1 aromatic carbocycles. The fourth-order valence-electron chi connectivity index (χ4n) is 3.35. The number of anilines is 1. The highest BCUT2D eigenvalue weighted by Crippen LogP contribution is 2.30. The van der Waals surface area contributed by atoms with Gasteiger partial charge in [-0.05, 0) is 37.6 Å². The summed E-state index contributed by atoms with van der Waals surface area (Å²) in [6.45, 7) is 7.41. The fraction of sp³-hybridized carbons (Fsp3) is 0.450. The van der Waals surface area contributed by atoms with Gasteiger partial charge in [0.2, 0.25) is 0 Å². The predicted octanol–water partition coefficient (Wildman–Crippen LogP) is 3.44. The summed E-state index contributed by atoms with van der Waals surface area (Å²) in [6, 6.07) is 6.22. The van der Waals surface area contributed by atoms with Crippen LogP contribution in [0.4, 0.5) is 9.52 Å². The lowest BCUT2D eigenvalue weighted by Crippen LogP contribution is -2.39. The Morgan fingerprint density at radius 1 is 1.30 bits per heavy atom. The molecule has 4 rings (SSSR count). The highest BCUT2D eigenvalue weighted by molar-refractivity contribution is 7.22. The Bertz CT molecular complexity index is 989. The lowest BCUT2D eigenvalue weighted by Gasteiger charge is -2.27. The molecule has 0 saturated carbocycles. The Kier molecular flexibility index (Phi) is 7.76. The van der Waals surface area contributed by atoms with E-state index in [4.69, 9.17) is 4.74 Å². The topological polar surface area (TPSA) is 63.5 Å². The standard InChI is InChI=1S/C20H24FN5O2S.ClH/c1-2-25-9-6-17(23-25)19(27)26(8-3-7-24-10-12-28-13-11-24)20-22-16-5-4-15(21)14-18(16)29-20;/h4-6,9,14H,2-3,7-8,10-13H2,1H3;1H. The quantitative estimate of drug-likeness (QED) is 0.548. The second-order valence-electron chi connectivity index (χ2n) is 6.93. The minimum absolute atomic E-state index is 0. The number of fused-ring (bicyclic) bond motifs is 1. The SMILES string of the molecule is CCn1ccc(C(=O)N(CCCN2CCOCC2)c2nc3ccc(F)cc3s2)n1.Cl. The van der Waals surface area contributed by atoms with Crippen LogP contribution >= 0.6 is 23.7 Å². The molecule has 0 N–H and O–H groups in total. The van der Waals surface area contributed by atoms with Crippen LogP contribution in [0.1, 0.15) is 23.8 Å². The Morgan fingerprint density at radius 3 is 2.83 bits per heavy atom. The van der Waals surface area contributed by atoms with Gasteiger partial charge in [0.25, 0.3) is 5.91 Å². The molecule has 10 heteroatoms. The van der Waals surface area contributed by atoms with E-state index in [2.05, 4.69) is 15.0 Å². The van der Waals surface area contributed by atoms with E-state index in [1.165, 1.54) is 23.5 Å². The molecule has 30 heavy (non-hydrogen) atoms. The number of benzene rings is 1. The Hall–Kier alpha value is -2.07. The average Bonchev–Trinajstić information content (AvgIpc) is 3.38. The van der Waals surface area contributed by atoms with Gasteiger partial charge >= 0.3 is 0 Å². The van der Waals surface area contributed by atoms with Gasteiger partial charge in [-0.25, -0.2) is 9.37 Å².